The molecule has 5 rings (SSSR count). The van der Waals surface area contributed by atoms with E-state index in [4.69, 9.17) is 14.5 Å². The van der Waals surface area contributed by atoms with Crippen molar-refractivity contribution < 1.29 is 19.4 Å². The van der Waals surface area contributed by atoms with E-state index in [1.807, 2.05) is 27.7 Å². The van der Waals surface area contributed by atoms with E-state index in [1.165, 1.54) is 55.2 Å². The largest absolute Gasteiger partial charge is 0.494 e. The highest BCUT2D eigenvalue weighted by molar-refractivity contribution is 5.88. The van der Waals surface area contributed by atoms with Crippen molar-refractivity contribution in [3.8, 4) is 16.9 Å². The van der Waals surface area contributed by atoms with Crippen molar-refractivity contribution >= 4 is 11.7 Å². The first-order valence-electron chi connectivity index (χ1n) is 20.0. The summed E-state index contributed by atoms with van der Waals surface area (Å²) in [6, 6.07) is 15.5. The normalized spacial score (nSPS) is 16.8. The number of aliphatic carboxylic acids is 1. The second kappa shape index (κ2) is 17.6. The predicted molar refractivity (Wildman–Crippen MR) is 213 cm³/mol. The smallest absolute Gasteiger partial charge is 0.337 e. The summed E-state index contributed by atoms with van der Waals surface area (Å²) in [5.41, 5.74) is 9.06. The van der Waals surface area contributed by atoms with Crippen molar-refractivity contribution in [2.75, 3.05) is 31.1 Å². The molecule has 1 atom stereocenters. The predicted octanol–water partition coefficient (Wildman–Crippen LogP) is 10.6. The van der Waals surface area contributed by atoms with Crippen LogP contribution in [0, 0.1) is 19.3 Å². The van der Waals surface area contributed by atoms with E-state index in [0.29, 0.717) is 5.56 Å². The average molecular weight is 712 g/mol. The summed E-state index contributed by atoms with van der Waals surface area (Å²) in [5.74, 6) is -0.0213. The van der Waals surface area contributed by atoms with E-state index < -0.39 is 17.7 Å². The summed E-state index contributed by atoms with van der Waals surface area (Å²) < 4.78 is 12.3. The molecular weight excluding hydrogens is 647 g/mol. The molecule has 0 aliphatic carbocycles. The summed E-state index contributed by atoms with van der Waals surface area (Å²) in [7, 11) is 0. The van der Waals surface area contributed by atoms with Gasteiger partial charge >= 0.3 is 5.97 Å². The van der Waals surface area contributed by atoms with Gasteiger partial charge in [-0.2, -0.15) is 0 Å². The Kier molecular flexibility index (Phi) is 13.5. The van der Waals surface area contributed by atoms with E-state index in [-0.39, 0.29) is 5.41 Å². The van der Waals surface area contributed by atoms with Gasteiger partial charge in [0, 0.05) is 55.2 Å². The number of anilines is 1. The monoisotopic (exact) mass is 711 g/mol. The average Bonchev–Trinajstić information content (AvgIpc) is 3.08. The SMILES string of the molecule is CCCCCCCCCOc1ccc(CN2CCc3cc(-c4c(C)nc(C)c([C@H](OC(C)(C)C)C(=O)O)c4N4CCC(C)(C)CC4)ccc3C2)cc1. The number of carbonyl (C=O) groups is 1. The Balaban J connectivity index is 1.32. The van der Waals surface area contributed by atoms with E-state index in [1.54, 1.807) is 0 Å². The first kappa shape index (κ1) is 39.8. The maximum absolute atomic E-state index is 12.9. The molecule has 1 saturated heterocycles. The first-order chi connectivity index (χ1) is 24.7. The molecule has 0 unspecified atom stereocenters. The Morgan fingerprint density at radius 1 is 0.904 bits per heavy atom. The summed E-state index contributed by atoms with van der Waals surface area (Å²) in [5, 5.41) is 10.6. The number of piperidine rings is 1. The van der Waals surface area contributed by atoms with Crippen molar-refractivity contribution in [1.29, 1.82) is 0 Å². The molecule has 0 saturated carbocycles. The van der Waals surface area contributed by atoms with Crippen LogP contribution >= 0.6 is 0 Å². The van der Waals surface area contributed by atoms with Crippen LogP contribution in [0.15, 0.2) is 42.5 Å². The van der Waals surface area contributed by atoms with E-state index in [2.05, 4.69) is 80.0 Å². The lowest BCUT2D eigenvalue weighted by molar-refractivity contribution is -0.160. The number of carboxylic acids is 1. The number of benzene rings is 2. The standard InChI is InChI=1S/C45H65N3O4/c1-9-10-11-12-13-14-15-28-51-38-20-16-34(17-21-38)30-47-25-22-35-29-36(18-19-37(35)31-47)39-32(2)46-33(3)40(42(43(49)50)52-44(4,5)6)41(39)48-26-23-45(7,8)24-27-48/h16-21,29,42H,9-15,22-28,30-31H2,1-8H3,(H,49,50)/t42-/m0/s1. The Bertz CT molecular complexity index is 1630. The minimum Gasteiger partial charge on any atom is -0.494 e. The van der Waals surface area contributed by atoms with Crippen LogP contribution in [0.4, 0.5) is 5.69 Å². The molecule has 1 N–H and O–H groups in total. The Hall–Kier alpha value is -3.42. The van der Waals surface area contributed by atoms with Gasteiger partial charge < -0.3 is 19.5 Å². The number of hydrogen-bond acceptors (Lipinski definition) is 6. The van der Waals surface area contributed by atoms with E-state index in [0.717, 1.165) is 99.0 Å². The number of rotatable bonds is 16. The second-order valence-corrected chi connectivity index (χ2v) is 17.1. The first-order valence-corrected chi connectivity index (χ1v) is 20.0. The quantitative estimate of drug-likeness (QED) is 0.148. The number of fused-ring (bicyclic) bond motifs is 1. The van der Waals surface area contributed by atoms with Gasteiger partial charge in [0.15, 0.2) is 6.10 Å². The van der Waals surface area contributed by atoms with Crippen LogP contribution in [0.5, 0.6) is 5.75 Å². The summed E-state index contributed by atoms with van der Waals surface area (Å²) in [6.07, 6.45) is 11.0. The minimum absolute atomic E-state index is 0.252. The molecule has 0 bridgehead atoms. The van der Waals surface area contributed by atoms with Gasteiger partial charge in [0.25, 0.3) is 0 Å². The van der Waals surface area contributed by atoms with Crippen molar-refractivity contribution in [1.82, 2.24) is 9.88 Å². The highest BCUT2D eigenvalue weighted by atomic mass is 16.5. The molecule has 3 aromatic rings. The lowest BCUT2D eigenvalue weighted by atomic mass is 9.81. The number of aryl methyl sites for hydroxylation is 2. The molecule has 7 nitrogen and oxygen atoms in total. The van der Waals surface area contributed by atoms with Gasteiger partial charge in [0.1, 0.15) is 5.75 Å². The van der Waals surface area contributed by atoms with Crippen LogP contribution < -0.4 is 9.64 Å². The maximum Gasteiger partial charge on any atom is 0.337 e. The fourth-order valence-corrected chi connectivity index (χ4v) is 7.86. The van der Waals surface area contributed by atoms with Crippen LogP contribution in [0.3, 0.4) is 0 Å². The molecule has 2 aromatic carbocycles. The van der Waals surface area contributed by atoms with Crippen LogP contribution in [-0.2, 0) is 29.0 Å². The zero-order chi connectivity index (χ0) is 37.5. The summed E-state index contributed by atoms with van der Waals surface area (Å²) >= 11 is 0. The number of ether oxygens (including phenoxy) is 2. The van der Waals surface area contributed by atoms with Crippen molar-refractivity contribution in [3.63, 3.8) is 0 Å². The molecule has 0 spiro atoms. The Morgan fingerprint density at radius 3 is 2.23 bits per heavy atom. The number of nitrogens with zero attached hydrogens (tertiary/aromatic N) is 3. The number of unbranched alkanes of at least 4 members (excludes halogenated alkanes) is 6. The minimum atomic E-state index is -1.12. The van der Waals surface area contributed by atoms with Gasteiger partial charge in [-0.15, -0.1) is 0 Å². The summed E-state index contributed by atoms with van der Waals surface area (Å²) in [6.45, 7) is 22.0. The molecule has 1 fully saturated rings. The molecule has 284 valence electrons. The second-order valence-electron chi connectivity index (χ2n) is 17.1. The molecule has 3 heterocycles. The van der Waals surface area contributed by atoms with Crippen LogP contribution in [0.25, 0.3) is 11.1 Å². The van der Waals surface area contributed by atoms with E-state index >= 15 is 0 Å². The van der Waals surface area contributed by atoms with Gasteiger partial charge in [0.2, 0.25) is 0 Å². The van der Waals surface area contributed by atoms with Crippen molar-refractivity contribution in [3.05, 3.63) is 76.1 Å². The van der Waals surface area contributed by atoms with Gasteiger partial charge in [-0.25, -0.2) is 4.79 Å². The van der Waals surface area contributed by atoms with Gasteiger partial charge in [0.05, 0.1) is 17.9 Å². The molecule has 7 heteroatoms. The highest BCUT2D eigenvalue weighted by Gasteiger charge is 2.36. The zero-order valence-corrected chi connectivity index (χ0v) is 33.4. The van der Waals surface area contributed by atoms with Crippen molar-refractivity contribution in [2.24, 2.45) is 5.41 Å². The van der Waals surface area contributed by atoms with Crippen LogP contribution in [-0.4, -0.2) is 52.8 Å². The number of hydrogen-bond donors (Lipinski definition) is 1. The molecular formula is C45H65N3O4. The third kappa shape index (κ3) is 10.6. The third-order valence-electron chi connectivity index (χ3n) is 10.9. The number of aromatic nitrogens is 1. The lowest BCUT2D eigenvalue weighted by Crippen LogP contribution is -2.39. The van der Waals surface area contributed by atoms with Crippen LogP contribution in [0.1, 0.15) is 139 Å². The molecule has 1 aromatic heterocycles. The fraction of sp³-hybridized carbons (Fsp3) is 0.600. The molecule has 0 amide bonds. The third-order valence-corrected chi connectivity index (χ3v) is 10.9. The Morgan fingerprint density at radius 2 is 1.58 bits per heavy atom. The maximum atomic E-state index is 12.9. The molecule has 52 heavy (non-hydrogen) atoms. The highest BCUT2D eigenvalue weighted by Crippen LogP contribution is 2.45. The molecule has 2 aliphatic rings. The van der Waals surface area contributed by atoms with Crippen LogP contribution in [0.2, 0.25) is 0 Å². The van der Waals surface area contributed by atoms with Gasteiger partial charge in [-0.05, 0) is 100 Å². The fourth-order valence-electron chi connectivity index (χ4n) is 7.86. The number of pyridine rings is 1. The molecule has 2 aliphatic heterocycles. The van der Waals surface area contributed by atoms with E-state index in [9.17, 15) is 9.90 Å². The molecule has 0 radical (unpaired) electrons. The zero-order valence-electron chi connectivity index (χ0n) is 33.4. The topological polar surface area (TPSA) is 75.1 Å². The van der Waals surface area contributed by atoms with Gasteiger partial charge in [-0.1, -0.05) is 89.6 Å². The lowest BCUT2D eigenvalue weighted by Gasteiger charge is -2.41. The van der Waals surface area contributed by atoms with Gasteiger partial charge in [-0.3, -0.25) is 9.88 Å². The summed E-state index contributed by atoms with van der Waals surface area (Å²) in [4.78, 5) is 22.8. The number of carboxylic acid groups (broad SMARTS) is 1. The van der Waals surface area contributed by atoms with Crippen molar-refractivity contribution in [2.45, 2.75) is 144 Å². The Labute approximate surface area is 314 Å².